The van der Waals surface area contributed by atoms with Gasteiger partial charge in [0.2, 0.25) is 10.0 Å². The van der Waals surface area contributed by atoms with Crippen molar-refractivity contribution in [2.75, 3.05) is 18.5 Å². The maximum absolute atomic E-state index is 13.0. The number of aliphatic hydroxyl groups is 1. The second kappa shape index (κ2) is 9.90. The van der Waals surface area contributed by atoms with Gasteiger partial charge in [-0.05, 0) is 50.3 Å². The first kappa shape index (κ1) is 24.3. The first-order chi connectivity index (χ1) is 14.1. The number of hydrogen-bond donors (Lipinski definition) is 3. The number of nitrogens with one attached hydrogen (secondary N) is 2. The summed E-state index contributed by atoms with van der Waals surface area (Å²) in [6.07, 6.45) is 6.87. The van der Waals surface area contributed by atoms with Crippen LogP contribution in [0.5, 0.6) is 0 Å². The third-order valence-corrected chi connectivity index (χ3v) is 7.01. The van der Waals surface area contributed by atoms with E-state index in [2.05, 4.69) is 28.5 Å². The van der Waals surface area contributed by atoms with Crippen molar-refractivity contribution >= 4 is 26.6 Å². The zero-order valence-electron chi connectivity index (χ0n) is 18.5. The maximum Gasteiger partial charge on any atom is 0.241 e. The number of pyridine rings is 1. The molecule has 166 valence electrons. The number of fused-ring (bicyclic) bond motifs is 1. The fourth-order valence-corrected chi connectivity index (χ4v) is 4.85. The predicted molar refractivity (Wildman–Crippen MR) is 124 cm³/mol. The molecule has 1 atom stereocenters. The van der Waals surface area contributed by atoms with Gasteiger partial charge in [-0.25, -0.2) is 18.1 Å². The van der Waals surface area contributed by atoms with Crippen LogP contribution >= 0.6 is 0 Å². The third-order valence-electron chi connectivity index (χ3n) is 5.32. The number of aliphatic hydroxyl groups excluding tert-OH is 1. The van der Waals surface area contributed by atoms with Crippen molar-refractivity contribution in [2.24, 2.45) is 5.41 Å². The van der Waals surface area contributed by atoms with Crippen molar-refractivity contribution in [2.45, 2.75) is 63.8 Å². The van der Waals surface area contributed by atoms with Crippen molar-refractivity contribution in [3.8, 4) is 0 Å². The molecule has 0 aliphatic carbocycles. The molecule has 0 saturated heterocycles. The molecule has 0 saturated carbocycles. The molecule has 0 aliphatic rings. The highest BCUT2D eigenvalue weighted by atomic mass is 32.2. The van der Waals surface area contributed by atoms with E-state index in [0.29, 0.717) is 18.8 Å². The van der Waals surface area contributed by atoms with Crippen LogP contribution in [0.25, 0.3) is 10.8 Å². The first-order valence-corrected chi connectivity index (χ1v) is 11.9. The molecule has 0 bridgehead atoms. The molecular weight excluding hydrogens is 398 g/mol. The minimum absolute atomic E-state index is 0.00712. The summed E-state index contributed by atoms with van der Waals surface area (Å²) in [5.41, 5.74) is -0.895. The fourth-order valence-electron chi connectivity index (χ4n) is 3.39. The zero-order chi connectivity index (χ0) is 22.4. The maximum atomic E-state index is 13.0. The lowest BCUT2D eigenvalue weighted by Crippen LogP contribution is -2.43. The number of aromatic nitrogens is 1. The Hall–Kier alpha value is -1.96. The Morgan fingerprint density at radius 1 is 1.23 bits per heavy atom. The molecule has 1 unspecified atom stereocenters. The molecule has 0 aliphatic heterocycles. The molecule has 2 rings (SSSR count). The van der Waals surface area contributed by atoms with Gasteiger partial charge in [0.15, 0.2) is 0 Å². The first-order valence-electron chi connectivity index (χ1n) is 10.4. The van der Waals surface area contributed by atoms with Gasteiger partial charge in [0.1, 0.15) is 5.82 Å². The molecule has 0 radical (unpaired) electrons. The SMILES string of the molecule is C=CCC(C)(CO)CNc1nccc2ccc(S(=O)(=O)NC(C)(C)CCCC)cc12. The summed E-state index contributed by atoms with van der Waals surface area (Å²) in [4.78, 5) is 4.62. The Bertz CT molecular complexity index is 973. The van der Waals surface area contributed by atoms with E-state index in [1.807, 2.05) is 26.8 Å². The molecule has 0 amide bonds. The van der Waals surface area contributed by atoms with Crippen molar-refractivity contribution < 1.29 is 13.5 Å². The molecule has 1 aromatic heterocycles. The quantitative estimate of drug-likeness (QED) is 0.430. The highest BCUT2D eigenvalue weighted by Crippen LogP contribution is 2.28. The number of unbranched alkanes of at least 4 members (excludes halogenated alkanes) is 1. The van der Waals surface area contributed by atoms with Gasteiger partial charge in [-0.15, -0.1) is 6.58 Å². The second-order valence-electron chi connectivity index (χ2n) is 8.95. The lowest BCUT2D eigenvalue weighted by Gasteiger charge is -2.27. The van der Waals surface area contributed by atoms with Gasteiger partial charge in [0.25, 0.3) is 0 Å². The highest BCUT2D eigenvalue weighted by Gasteiger charge is 2.26. The van der Waals surface area contributed by atoms with Crippen LogP contribution in [0.2, 0.25) is 0 Å². The number of allylic oxidation sites excluding steroid dienone is 1. The Balaban J connectivity index is 2.34. The molecule has 1 aromatic carbocycles. The molecule has 2 aromatic rings. The predicted octanol–water partition coefficient (Wildman–Crippen LogP) is 4.47. The molecule has 7 heteroatoms. The summed E-state index contributed by atoms with van der Waals surface area (Å²) in [6.45, 7) is 12.1. The molecule has 6 nitrogen and oxygen atoms in total. The number of benzene rings is 1. The van der Waals surface area contributed by atoms with Gasteiger partial charge < -0.3 is 10.4 Å². The standard InChI is InChI=1S/C23H35N3O3S/c1-6-8-13-22(3,4)26-30(28,29)19-10-9-18-11-14-24-21(20(18)15-19)25-16-23(5,17-27)12-7-2/h7,9-11,14-15,26-27H,2,6,8,12-13,16-17H2,1,3-5H3,(H,24,25). The highest BCUT2D eigenvalue weighted by molar-refractivity contribution is 7.89. The summed E-state index contributed by atoms with van der Waals surface area (Å²) >= 11 is 0. The topological polar surface area (TPSA) is 91.3 Å². The monoisotopic (exact) mass is 433 g/mol. The molecule has 0 spiro atoms. The van der Waals surface area contributed by atoms with E-state index in [1.54, 1.807) is 30.5 Å². The fraction of sp³-hybridized carbons (Fsp3) is 0.522. The van der Waals surface area contributed by atoms with E-state index in [0.717, 1.165) is 30.0 Å². The van der Waals surface area contributed by atoms with Crippen LogP contribution in [-0.4, -0.2) is 37.2 Å². The number of sulfonamides is 1. The number of anilines is 1. The molecular formula is C23H35N3O3S. The number of hydrogen-bond acceptors (Lipinski definition) is 5. The van der Waals surface area contributed by atoms with Crippen molar-refractivity contribution in [3.05, 3.63) is 43.1 Å². The van der Waals surface area contributed by atoms with Gasteiger partial charge in [-0.1, -0.05) is 38.8 Å². The van der Waals surface area contributed by atoms with Gasteiger partial charge in [-0.3, -0.25) is 0 Å². The van der Waals surface area contributed by atoms with Gasteiger partial charge in [0, 0.05) is 29.1 Å². The Morgan fingerprint density at radius 3 is 2.60 bits per heavy atom. The third kappa shape index (κ3) is 6.27. The van der Waals surface area contributed by atoms with Gasteiger partial charge in [-0.2, -0.15) is 0 Å². The minimum atomic E-state index is -3.67. The van der Waals surface area contributed by atoms with Crippen molar-refractivity contribution in [1.29, 1.82) is 0 Å². The van der Waals surface area contributed by atoms with Crippen molar-refractivity contribution in [1.82, 2.24) is 9.71 Å². The summed E-state index contributed by atoms with van der Waals surface area (Å²) < 4.78 is 28.9. The Morgan fingerprint density at radius 2 is 1.97 bits per heavy atom. The molecule has 1 heterocycles. The van der Waals surface area contributed by atoms with Gasteiger partial charge >= 0.3 is 0 Å². The van der Waals surface area contributed by atoms with E-state index in [4.69, 9.17) is 0 Å². The van der Waals surface area contributed by atoms with Crippen LogP contribution in [0.15, 0.2) is 48.0 Å². The van der Waals surface area contributed by atoms with Crippen LogP contribution in [0.4, 0.5) is 5.82 Å². The lowest BCUT2D eigenvalue weighted by atomic mass is 9.88. The van der Waals surface area contributed by atoms with E-state index in [1.165, 1.54) is 0 Å². The molecule has 3 N–H and O–H groups in total. The summed E-state index contributed by atoms with van der Waals surface area (Å²) in [5.74, 6) is 0.596. The van der Waals surface area contributed by atoms with Crippen molar-refractivity contribution in [3.63, 3.8) is 0 Å². The van der Waals surface area contributed by atoms with E-state index in [9.17, 15) is 13.5 Å². The number of nitrogens with zero attached hydrogens (tertiary/aromatic N) is 1. The Labute approximate surface area is 180 Å². The molecule has 30 heavy (non-hydrogen) atoms. The summed E-state index contributed by atoms with van der Waals surface area (Å²) in [5, 5.41) is 14.6. The smallest absolute Gasteiger partial charge is 0.241 e. The van der Waals surface area contributed by atoms with Crippen LogP contribution in [0.3, 0.4) is 0 Å². The van der Waals surface area contributed by atoms with Gasteiger partial charge in [0.05, 0.1) is 11.5 Å². The lowest BCUT2D eigenvalue weighted by molar-refractivity contribution is 0.156. The summed E-state index contributed by atoms with van der Waals surface area (Å²) in [6, 6.07) is 6.93. The van der Waals surface area contributed by atoms with E-state index in [-0.39, 0.29) is 16.9 Å². The average Bonchev–Trinajstić information content (AvgIpc) is 2.70. The summed E-state index contributed by atoms with van der Waals surface area (Å²) in [7, 11) is -3.67. The minimum Gasteiger partial charge on any atom is -0.396 e. The Kier molecular flexibility index (Phi) is 8.02. The average molecular weight is 434 g/mol. The van der Waals surface area contributed by atoms with E-state index < -0.39 is 15.6 Å². The largest absolute Gasteiger partial charge is 0.396 e. The zero-order valence-corrected chi connectivity index (χ0v) is 19.3. The van der Waals surface area contributed by atoms with Crippen LogP contribution in [0.1, 0.15) is 53.4 Å². The van der Waals surface area contributed by atoms with E-state index >= 15 is 0 Å². The molecule has 0 fully saturated rings. The van der Waals surface area contributed by atoms with Crippen LogP contribution < -0.4 is 10.0 Å². The van der Waals surface area contributed by atoms with Crippen LogP contribution in [0, 0.1) is 5.41 Å². The number of rotatable bonds is 12. The second-order valence-corrected chi connectivity index (χ2v) is 10.6. The van der Waals surface area contributed by atoms with Crippen LogP contribution in [-0.2, 0) is 10.0 Å². The normalized spacial score (nSPS) is 14.4.